The lowest BCUT2D eigenvalue weighted by Crippen LogP contribution is -3.13. The first kappa shape index (κ1) is 15.7. The molecule has 1 aliphatic rings. The predicted molar refractivity (Wildman–Crippen MR) is 84.3 cm³/mol. The SMILES string of the molecule is CCS(=O)(=O)c1ccc2oc(=S)n(C[NH+]3CCOCC3)c2c1. The Morgan fingerprint density at radius 3 is 2.73 bits per heavy atom. The average molecular weight is 343 g/mol. The number of nitrogens with zero attached hydrogens (tertiary/aromatic N) is 1. The van der Waals surface area contributed by atoms with Crippen LogP contribution in [0.15, 0.2) is 27.5 Å². The second-order valence-electron chi connectivity index (χ2n) is 5.35. The third kappa shape index (κ3) is 2.96. The molecule has 1 saturated heterocycles. The minimum absolute atomic E-state index is 0.0752. The summed E-state index contributed by atoms with van der Waals surface area (Å²) in [4.78, 5) is 2.03. The molecule has 0 bridgehead atoms. The Morgan fingerprint density at radius 1 is 1.32 bits per heavy atom. The van der Waals surface area contributed by atoms with Crippen molar-refractivity contribution >= 4 is 33.2 Å². The van der Waals surface area contributed by atoms with E-state index in [1.54, 1.807) is 25.1 Å². The highest BCUT2D eigenvalue weighted by Gasteiger charge is 2.19. The zero-order chi connectivity index (χ0) is 15.7. The van der Waals surface area contributed by atoms with E-state index in [4.69, 9.17) is 21.4 Å². The molecule has 3 rings (SSSR count). The molecule has 1 N–H and O–H groups in total. The van der Waals surface area contributed by atoms with Crippen LogP contribution in [-0.4, -0.2) is 45.0 Å². The molecule has 0 amide bonds. The van der Waals surface area contributed by atoms with Crippen molar-refractivity contribution < 1.29 is 22.5 Å². The Balaban J connectivity index is 2.03. The smallest absolute Gasteiger partial charge is 0.274 e. The first-order valence-corrected chi connectivity index (χ1v) is 9.35. The molecule has 0 atom stereocenters. The molecular formula is C14H19N2O4S2+. The number of hydrogen-bond acceptors (Lipinski definition) is 5. The molecule has 1 aromatic carbocycles. The fourth-order valence-corrected chi connectivity index (χ4v) is 3.75. The molecule has 1 fully saturated rings. The van der Waals surface area contributed by atoms with Crippen molar-refractivity contribution in [3.8, 4) is 0 Å². The highest BCUT2D eigenvalue weighted by Crippen LogP contribution is 2.22. The van der Waals surface area contributed by atoms with Crippen LogP contribution >= 0.6 is 12.2 Å². The summed E-state index contributed by atoms with van der Waals surface area (Å²) in [5.74, 6) is 0.0752. The fraction of sp³-hybridized carbons (Fsp3) is 0.500. The van der Waals surface area contributed by atoms with Crippen LogP contribution in [0, 0.1) is 4.84 Å². The summed E-state index contributed by atoms with van der Waals surface area (Å²) in [6.07, 6.45) is 0. The molecule has 120 valence electrons. The van der Waals surface area contributed by atoms with E-state index in [0.29, 0.717) is 22.0 Å². The van der Waals surface area contributed by atoms with E-state index < -0.39 is 9.84 Å². The van der Waals surface area contributed by atoms with Gasteiger partial charge in [-0.25, -0.2) is 8.42 Å². The number of aromatic nitrogens is 1. The number of sulfone groups is 1. The number of quaternary nitrogens is 1. The third-order valence-corrected chi connectivity index (χ3v) is 6.00. The van der Waals surface area contributed by atoms with Gasteiger partial charge < -0.3 is 14.1 Å². The van der Waals surface area contributed by atoms with Crippen LogP contribution in [-0.2, 0) is 21.2 Å². The minimum Gasteiger partial charge on any atom is -0.429 e. The van der Waals surface area contributed by atoms with Gasteiger partial charge in [0.15, 0.2) is 22.1 Å². The third-order valence-electron chi connectivity index (χ3n) is 3.96. The summed E-state index contributed by atoms with van der Waals surface area (Å²) < 4.78 is 36.9. The molecule has 8 heteroatoms. The van der Waals surface area contributed by atoms with Gasteiger partial charge in [0.05, 0.1) is 29.4 Å². The van der Waals surface area contributed by atoms with E-state index in [2.05, 4.69) is 0 Å². The van der Waals surface area contributed by atoms with E-state index in [9.17, 15) is 8.42 Å². The van der Waals surface area contributed by atoms with Gasteiger partial charge in [0.1, 0.15) is 13.1 Å². The lowest BCUT2D eigenvalue weighted by Gasteiger charge is -2.23. The molecule has 22 heavy (non-hydrogen) atoms. The Morgan fingerprint density at radius 2 is 2.05 bits per heavy atom. The van der Waals surface area contributed by atoms with Crippen LogP contribution in [0.5, 0.6) is 0 Å². The maximum atomic E-state index is 12.1. The summed E-state index contributed by atoms with van der Waals surface area (Å²) in [7, 11) is -3.25. The van der Waals surface area contributed by atoms with Crippen molar-refractivity contribution in [2.45, 2.75) is 18.5 Å². The molecule has 0 aliphatic carbocycles. The van der Waals surface area contributed by atoms with E-state index in [-0.39, 0.29) is 5.75 Å². The lowest BCUT2D eigenvalue weighted by molar-refractivity contribution is -0.930. The van der Waals surface area contributed by atoms with Crippen LogP contribution in [0.25, 0.3) is 11.1 Å². The van der Waals surface area contributed by atoms with Crippen molar-refractivity contribution in [3.63, 3.8) is 0 Å². The van der Waals surface area contributed by atoms with Gasteiger partial charge in [0.25, 0.3) is 4.84 Å². The van der Waals surface area contributed by atoms with Crippen LogP contribution in [0.3, 0.4) is 0 Å². The molecule has 1 aromatic heterocycles. The highest BCUT2D eigenvalue weighted by atomic mass is 32.2. The summed E-state index contributed by atoms with van der Waals surface area (Å²) in [6, 6.07) is 4.91. The van der Waals surface area contributed by atoms with Gasteiger partial charge >= 0.3 is 0 Å². The van der Waals surface area contributed by atoms with Crippen LogP contribution in [0.1, 0.15) is 6.92 Å². The molecule has 2 heterocycles. The summed E-state index contributed by atoms with van der Waals surface area (Å²) in [5.41, 5.74) is 1.35. The monoisotopic (exact) mass is 343 g/mol. The number of benzene rings is 1. The first-order chi connectivity index (χ1) is 10.5. The minimum atomic E-state index is -3.25. The Kier molecular flexibility index (Phi) is 4.35. The van der Waals surface area contributed by atoms with Gasteiger partial charge in [0.2, 0.25) is 0 Å². The molecule has 6 nitrogen and oxygen atoms in total. The van der Waals surface area contributed by atoms with Crippen molar-refractivity contribution in [1.29, 1.82) is 0 Å². The van der Waals surface area contributed by atoms with Crippen LogP contribution in [0.2, 0.25) is 0 Å². The van der Waals surface area contributed by atoms with E-state index in [1.807, 2.05) is 4.57 Å². The Labute approximate surface area is 134 Å². The quantitative estimate of drug-likeness (QED) is 0.825. The molecule has 2 aromatic rings. The highest BCUT2D eigenvalue weighted by molar-refractivity contribution is 7.91. The van der Waals surface area contributed by atoms with Gasteiger partial charge in [-0.05, 0) is 30.4 Å². The van der Waals surface area contributed by atoms with Gasteiger partial charge in [-0.3, -0.25) is 4.57 Å². The maximum Gasteiger partial charge on any atom is 0.274 e. The summed E-state index contributed by atoms with van der Waals surface area (Å²) in [6.45, 7) is 5.56. The van der Waals surface area contributed by atoms with Crippen molar-refractivity contribution in [3.05, 3.63) is 23.0 Å². The van der Waals surface area contributed by atoms with Gasteiger partial charge in [-0.2, -0.15) is 0 Å². The largest absolute Gasteiger partial charge is 0.429 e. The van der Waals surface area contributed by atoms with E-state index >= 15 is 0 Å². The number of fused-ring (bicyclic) bond motifs is 1. The summed E-state index contributed by atoms with van der Waals surface area (Å²) in [5, 5.41) is 0. The van der Waals surface area contributed by atoms with Crippen molar-refractivity contribution in [2.75, 3.05) is 32.1 Å². The lowest BCUT2D eigenvalue weighted by atomic mass is 10.3. The van der Waals surface area contributed by atoms with Gasteiger partial charge in [0, 0.05) is 0 Å². The second kappa shape index (κ2) is 6.11. The zero-order valence-electron chi connectivity index (χ0n) is 12.4. The standard InChI is InChI=1S/C14H18N2O4S2/c1-2-22(17,18)11-3-4-13-12(9-11)16(14(21)20-13)10-15-5-7-19-8-6-15/h3-4,9H,2,5-8,10H2,1H3/p+1. The molecule has 0 radical (unpaired) electrons. The number of rotatable bonds is 4. The zero-order valence-corrected chi connectivity index (χ0v) is 14.0. The Hall–Kier alpha value is -1.22. The average Bonchev–Trinajstić information content (AvgIpc) is 2.83. The molecule has 0 saturated carbocycles. The van der Waals surface area contributed by atoms with E-state index in [0.717, 1.165) is 31.8 Å². The van der Waals surface area contributed by atoms with Crippen LogP contribution in [0.4, 0.5) is 0 Å². The second-order valence-corrected chi connectivity index (χ2v) is 7.98. The Bertz CT molecular complexity index is 832. The van der Waals surface area contributed by atoms with E-state index in [1.165, 1.54) is 4.90 Å². The topological polar surface area (TPSA) is 65.9 Å². The van der Waals surface area contributed by atoms with Gasteiger partial charge in [-0.15, -0.1) is 0 Å². The van der Waals surface area contributed by atoms with Crippen molar-refractivity contribution in [2.24, 2.45) is 0 Å². The fourth-order valence-electron chi connectivity index (χ4n) is 2.59. The number of nitrogens with one attached hydrogen (secondary N) is 1. The number of ether oxygens (including phenoxy) is 1. The number of oxazole rings is 1. The normalized spacial score (nSPS) is 17.1. The number of morpholine rings is 1. The number of hydrogen-bond donors (Lipinski definition) is 1. The molecule has 1 aliphatic heterocycles. The maximum absolute atomic E-state index is 12.1. The predicted octanol–water partition coefficient (Wildman–Crippen LogP) is 0.630. The molecule has 0 unspecified atom stereocenters. The van der Waals surface area contributed by atoms with Crippen LogP contribution < -0.4 is 4.90 Å². The first-order valence-electron chi connectivity index (χ1n) is 7.29. The summed E-state index contributed by atoms with van der Waals surface area (Å²) >= 11 is 5.29. The van der Waals surface area contributed by atoms with Gasteiger partial charge in [-0.1, -0.05) is 6.92 Å². The molecular weight excluding hydrogens is 324 g/mol. The molecule has 0 spiro atoms. The van der Waals surface area contributed by atoms with Crippen molar-refractivity contribution in [1.82, 2.24) is 4.57 Å².